The van der Waals surface area contributed by atoms with Crippen LogP contribution in [0.25, 0.3) is 0 Å². The number of phenolic OH excluding ortho intramolecular Hbond substituents is 1. The molecule has 0 aliphatic heterocycles. The molecular formula is C15H22O. The minimum Gasteiger partial charge on any atom is -0.508 e. The lowest BCUT2D eigenvalue weighted by molar-refractivity contribution is 0.470. The van der Waals surface area contributed by atoms with Gasteiger partial charge in [-0.1, -0.05) is 30.7 Å². The lowest BCUT2D eigenvalue weighted by Crippen LogP contribution is -1.93. The molecule has 0 bridgehead atoms. The van der Waals surface area contributed by atoms with Crippen LogP contribution in [0.5, 0.6) is 5.75 Å². The highest BCUT2D eigenvalue weighted by molar-refractivity contribution is 5.36. The quantitative estimate of drug-likeness (QED) is 0.735. The van der Waals surface area contributed by atoms with E-state index in [2.05, 4.69) is 32.9 Å². The summed E-state index contributed by atoms with van der Waals surface area (Å²) in [5, 5.41) is 9.46. The molecule has 1 heteroatoms. The fraction of sp³-hybridized carbons (Fsp3) is 0.467. The highest BCUT2D eigenvalue weighted by Crippen LogP contribution is 2.25. The molecule has 0 aromatic heterocycles. The van der Waals surface area contributed by atoms with Crippen LogP contribution < -0.4 is 0 Å². The molecule has 1 unspecified atom stereocenters. The third-order valence-electron chi connectivity index (χ3n) is 2.94. The fourth-order valence-corrected chi connectivity index (χ4v) is 1.77. The van der Waals surface area contributed by atoms with E-state index >= 15 is 0 Å². The van der Waals surface area contributed by atoms with E-state index in [-0.39, 0.29) is 0 Å². The molecule has 1 aromatic carbocycles. The predicted octanol–water partition coefficient (Wildman–Crippen LogP) is 4.55. The molecule has 1 nitrogen and oxygen atoms in total. The van der Waals surface area contributed by atoms with Gasteiger partial charge < -0.3 is 5.11 Å². The summed E-state index contributed by atoms with van der Waals surface area (Å²) in [6.45, 7) is 8.46. The highest BCUT2D eigenvalue weighted by Gasteiger charge is 2.06. The second kappa shape index (κ2) is 5.74. The van der Waals surface area contributed by atoms with Crippen molar-refractivity contribution in [3.05, 3.63) is 41.0 Å². The van der Waals surface area contributed by atoms with Gasteiger partial charge in [0.15, 0.2) is 0 Å². The molecule has 1 atom stereocenters. The van der Waals surface area contributed by atoms with E-state index in [0.717, 1.165) is 18.4 Å². The molecule has 0 spiro atoms. The van der Waals surface area contributed by atoms with Gasteiger partial charge in [-0.05, 0) is 56.7 Å². The van der Waals surface area contributed by atoms with Gasteiger partial charge in [0.2, 0.25) is 0 Å². The number of benzene rings is 1. The van der Waals surface area contributed by atoms with Gasteiger partial charge in [-0.25, -0.2) is 0 Å². The smallest absolute Gasteiger partial charge is 0.118 e. The maximum atomic E-state index is 9.46. The van der Waals surface area contributed by atoms with Crippen LogP contribution in [0.1, 0.15) is 50.7 Å². The molecule has 0 fully saturated rings. The Kier molecular flexibility index (Phi) is 4.60. The Bertz CT molecular complexity index is 373. The van der Waals surface area contributed by atoms with Crippen LogP contribution in [0.4, 0.5) is 0 Å². The first-order valence-electron chi connectivity index (χ1n) is 5.93. The number of rotatable bonds is 4. The number of hydrogen-bond acceptors (Lipinski definition) is 1. The number of phenols is 1. The maximum Gasteiger partial charge on any atom is 0.118 e. The van der Waals surface area contributed by atoms with Crippen molar-refractivity contribution in [1.29, 1.82) is 0 Å². The Labute approximate surface area is 98.8 Å². The summed E-state index contributed by atoms with van der Waals surface area (Å²) in [5.41, 5.74) is 3.66. The first kappa shape index (κ1) is 12.8. The van der Waals surface area contributed by atoms with Crippen molar-refractivity contribution in [2.24, 2.45) is 0 Å². The van der Waals surface area contributed by atoms with Crippen LogP contribution in [0, 0.1) is 6.92 Å². The van der Waals surface area contributed by atoms with Crippen molar-refractivity contribution in [3.63, 3.8) is 0 Å². The monoisotopic (exact) mass is 218 g/mol. The van der Waals surface area contributed by atoms with Crippen LogP contribution in [-0.4, -0.2) is 5.11 Å². The Morgan fingerprint density at radius 3 is 2.62 bits per heavy atom. The molecule has 0 saturated carbocycles. The molecule has 0 saturated heterocycles. The molecule has 0 heterocycles. The summed E-state index contributed by atoms with van der Waals surface area (Å²) >= 11 is 0. The van der Waals surface area contributed by atoms with E-state index in [4.69, 9.17) is 0 Å². The lowest BCUT2D eigenvalue weighted by Gasteiger charge is -2.12. The van der Waals surface area contributed by atoms with Crippen molar-refractivity contribution in [3.8, 4) is 5.75 Å². The second-order valence-corrected chi connectivity index (χ2v) is 4.81. The Balaban J connectivity index is 2.62. The molecule has 0 amide bonds. The zero-order chi connectivity index (χ0) is 12.1. The van der Waals surface area contributed by atoms with Crippen LogP contribution in [0.15, 0.2) is 29.8 Å². The van der Waals surface area contributed by atoms with E-state index in [1.165, 1.54) is 11.1 Å². The molecule has 1 N–H and O–H groups in total. The van der Waals surface area contributed by atoms with Gasteiger partial charge in [-0.3, -0.25) is 0 Å². The van der Waals surface area contributed by atoms with E-state index in [9.17, 15) is 5.11 Å². The van der Waals surface area contributed by atoms with Gasteiger partial charge in [0.05, 0.1) is 0 Å². The molecule has 16 heavy (non-hydrogen) atoms. The van der Waals surface area contributed by atoms with Crippen molar-refractivity contribution in [2.45, 2.75) is 46.5 Å². The average molecular weight is 218 g/mol. The standard InChI is InChI=1S/C15H22O/c1-11(2)6-5-7-12(3)14-8-9-15(16)13(4)10-14/h6,8-10,12,16H,5,7H2,1-4H3. The van der Waals surface area contributed by atoms with Gasteiger partial charge in [-0.2, -0.15) is 0 Å². The largest absolute Gasteiger partial charge is 0.508 e. The van der Waals surface area contributed by atoms with Crippen molar-refractivity contribution < 1.29 is 5.11 Å². The Morgan fingerprint density at radius 1 is 1.38 bits per heavy atom. The van der Waals surface area contributed by atoms with Crippen LogP contribution in [0.3, 0.4) is 0 Å². The van der Waals surface area contributed by atoms with E-state index < -0.39 is 0 Å². The number of allylic oxidation sites excluding steroid dienone is 2. The molecule has 0 radical (unpaired) electrons. The number of aryl methyl sites for hydroxylation is 1. The summed E-state index contributed by atoms with van der Waals surface area (Å²) in [6.07, 6.45) is 4.57. The van der Waals surface area contributed by atoms with E-state index in [1.54, 1.807) is 6.07 Å². The van der Waals surface area contributed by atoms with Crippen molar-refractivity contribution >= 4 is 0 Å². The first-order chi connectivity index (χ1) is 7.50. The van der Waals surface area contributed by atoms with Crippen molar-refractivity contribution in [2.75, 3.05) is 0 Å². The van der Waals surface area contributed by atoms with Crippen LogP contribution in [0.2, 0.25) is 0 Å². The summed E-state index contributed by atoms with van der Waals surface area (Å²) in [4.78, 5) is 0. The van der Waals surface area contributed by atoms with Crippen LogP contribution in [-0.2, 0) is 0 Å². The average Bonchev–Trinajstić information content (AvgIpc) is 2.21. The van der Waals surface area contributed by atoms with E-state index in [1.807, 2.05) is 13.0 Å². The third kappa shape index (κ3) is 3.73. The minimum atomic E-state index is 0.389. The van der Waals surface area contributed by atoms with Gasteiger partial charge in [0, 0.05) is 0 Å². The maximum absolute atomic E-state index is 9.46. The minimum absolute atomic E-state index is 0.389. The van der Waals surface area contributed by atoms with Gasteiger partial charge in [0.1, 0.15) is 5.75 Å². The summed E-state index contributed by atoms with van der Waals surface area (Å²) < 4.78 is 0. The normalized spacial score (nSPS) is 12.2. The zero-order valence-electron chi connectivity index (χ0n) is 10.7. The summed E-state index contributed by atoms with van der Waals surface area (Å²) in [6, 6.07) is 5.90. The fourth-order valence-electron chi connectivity index (χ4n) is 1.77. The Hall–Kier alpha value is -1.24. The summed E-state index contributed by atoms with van der Waals surface area (Å²) in [5.74, 6) is 0.940. The predicted molar refractivity (Wildman–Crippen MR) is 69.9 cm³/mol. The van der Waals surface area contributed by atoms with Crippen molar-refractivity contribution in [1.82, 2.24) is 0 Å². The third-order valence-corrected chi connectivity index (χ3v) is 2.94. The first-order valence-corrected chi connectivity index (χ1v) is 5.93. The molecular weight excluding hydrogens is 196 g/mol. The highest BCUT2D eigenvalue weighted by atomic mass is 16.3. The molecule has 1 rings (SSSR count). The summed E-state index contributed by atoms with van der Waals surface area (Å²) in [7, 11) is 0. The SMILES string of the molecule is CC(C)=CCCC(C)c1ccc(O)c(C)c1. The molecule has 0 aliphatic rings. The number of hydrogen-bond donors (Lipinski definition) is 1. The topological polar surface area (TPSA) is 20.2 Å². The van der Waals surface area contributed by atoms with Gasteiger partial charge >= 0.3 is 0 Å². The lowest BCUT2D eigenvalue weighted by atomic mass is 9.94. The molecule has 1 aromatic rings. The zero-order valence-corrected chi connectivity index (χ0v) is 10.7. The van der Waals surface area contributed by atoms with Gasteiger partial charge in [0.25, 0.3) is 0 Å². The van der Waals surface area contributed by atoms with E-state index in [0.29, 0.717) is 11.7 Å². The second-order valence-electron chi connectivity index (χ2n) is 4.81. The van der Waals surface area contributed by atoms with Crippen LogP contribution >= 0.6 is 0 Å². The molecule has 0 aliphatic carbocycles. The number of aromatic hydroxyl groups is 1. The Morgan fingerprint density at radius 2 is 2.06 bits per heavy atom. The van der Waals surface area contributed by atoms with Gasteiger partial charge in [-0.15, -0.1) is 0 Å². The molecule has 88 valence electrons.